The van der Waals surface area contributed by atoms with E-state index >= 15 is 0 Å². The van der Waals surface area contributed by atoms with Crippen LogP contribution in [0.25, 0.3) is 22.3 Å². The summed E-state index contributed by atoms with van der Waals surface area (Å²) in [4.78, 5) is 12.1. The summed E-state index contributed by atoms with van der Waals surface area (Å²) in [5, 5.41) is 34.5. The molecule has 1 aliphatic heterocycles. The van der Waals surface area contributed by atoms with Gasteiger partial charge in [-0.25, -0.2) is 4.39 Å². The van der Waals surface area contributed by atoms with Crippen LogP contribution in [-0.4, -0.2) is 27.8 Å². The van der Waals surface area contributed by atoms with Crippen molar-refractivity contribution in [2.45, 2.75) is 24.9 Å². The molecule has 0 spiro atoms. The minimum atomic E-state index is -0.802. The third-order valence-corrected chi connectivity index (χ3v) is 6.74. The average molecular weight is 484 g/mol. The summed E-state index contributed by atoms with van der Waals surface area (Å²) in [7, 11) is 0. The second kappa shape index (κ2) is 9.84. The van der Waals surface area contributed by atoms with Crippen molar-refractivity contribution in [3.8, 4) is 33.8 Å². The SMILES string of the molecule is O=C1NC[C@H]1c1ccc(-c2c(O)cccc2-c2cccc(O)c2)c(CC[C@H](O)c2ccc(F)cc2)c1. The van der Waals surface area contributed by atoms with Gasteiger partial charge in [-0.3, -0.25) is 4.79 Å². The minimum absolute atomic E-state index is 0.0249. The number of rotatable bonds is 7. The molecule has 5 rings (SSSR count). The van der Waals surface area contributed by atoms with Crippen LogP contribution in [0.4, 0.5) is 4.39 Å². The van der Waals surface area contributed by atoms with Gasteiger partial charge in [0.25, 0.3) is 0 Å². The highest BCUT2D eigenvalue weighted by Gasteiger charge is 2.30. The van der Waals surface area contributed by atoms with Crippen molar-refractivity contribution >= 4 is 5.91 Å². The summed E-state index contributed by atoms with van der Waals surface area (Å²) in [6.45, 7) is 0.570. The maximum atomic E-state index is 13.3. The van der Waals surface area contributed by atoms with Gasteiger partial charge in [0, 0.05) is 12.1 Å². The number of aryl methyl sites for hydroxylation is 1. The van der Waals surface area contributed by atoms with E-state index in [-0.39, 0.29) is 29.1 Å². The number of halogens is 1. The van der Waals surface area contributed by atoms with Crippen LogP contribution in [0.3, 0.4) is 0 Å². The molecule has 0 radical (unpaired) electrons. The molecule has 1 saturated heterocycles. The van der Waals surface area contributed by atoms with Gasteiger partial charge in [-0.2, -0.15) is 0 Å². The molecule has 182 valence electrons. The first-order valence-electron chi connectivity index (χ1n) is 11.9. The third-order valence-electron chi connectivity index (χ3n) is 6.74. The molecule has 6 heteroatoms. The van der Waals surface area contributed by atoms with Gasteiger partial charge in [0.15, 0.2) is 0 Å². The molecule has 0 bridgehead atoms. The molecule has 1 heterocycles. The van der Waals surface area contributed by atoms with Crippen LogP contribution in [0.5, 0.6) is 11.5 Å². The summed E-state index contributed by atoms with van der Waals surface area (Å²) in [6, 6.07) is 23.7. The van der Waals surface area contributed by atoms with E-state index in [0.29, 0.717) is 30.5 Å². The number of β-lactam (4-membered cyclic amide) rings is 1. The number of aliphatic hydroxyl groups is 1. The number of nitrogens with one attached hydrogen (secondary N) is 1. The highest BCUT2D eigenvalue weighted by molar-refractivity contribution is 5.91. The zero-order chi connectivity index (χ0) is 25.2. The lowest BCUT2D eigenvalue weighted by atomic mass is 9.84. The summed E-state index contributed by atoms with van der Waals surface area (Å²) in [5.41, 5.74) is 5.26. The molecule has 0 aliphatic carbocycles. The van der Waals surface area contributed by atoms with E-state index in [1.165, 1.54) is 12.1 Å². The normalized spacial score (nSPS) is 15.7. The predicted octanol–water partition coefficient (Wildman–Crippen LogP) is 5.45. The fraction of sp³-hybridized carbons (Fsp3) is 0.167. The monoisotopic (exact) mass is 483 g/mol. The quantitative estimate of drug-likeness (QED) is 0.263. The van der Waals surface area contributed by atoms with Crippen molar-refractivity contribution in [1.29, 1.82) is 0 Å². The Hall–Kier alpha value is -4.16. The van der Waals surface area contributed by atoms with Gasteiger partial charge in [0.05, 0.1) is 12.0 Å². The Morgan fingerprint density at radius 3 is 2.39 bits per heavy atom. The van der Waals surface area contributed by atoms with E-state index < -0.39 is 6.10 Å². The molecule has 1 aliphatic rings. The molecule has 36 heavy (non-hydrogen) atoms. The third kappa shape index (κ3) is 4.68. The number of phenolic OH excluding ortho intramolecular Hbond substituents is 2. The zero-order valence-electron chi connectivity index (χ0n) is 19.5. The van der Waals surface area contributed by atoms with Crippen molar-refractivity contribution in [3.05, 3.63) is 107 Å². The fourth-order valence-electron chi connectivity index (χ4n) is 4.72. The Balaban J connectivity index is 1.56. The number of benzene rings is 4. The van der Waals surface area contributed by atoms with E-state index in [4.69, 9.17) is 0 Å². The van der Waals surface area contributed by atoms with E-state index in [2.05, 4.69) is 5.32 Å². The number of aliphatic hydroxyl groups excluding tert-OH is 1. The minimum Gasteiger partial charge on any atom is -0.508 e. The second-order valence-corrected chi connectivity index (χ2v) is 9.07. The van der Waals surface area contributed by atoms with Crippen LogP contribution < -0.4 is 5.32 Å². The molecule has 4 aromatic rings. The number of phenols is 2. The second-order valence-electron chi connectivity index (χ2n) is 9.07. The number of carbonyl (C=O) groups is 1. The van der Waals surface area contributed by atoms with E-state index in [9.17, 15) is 24.5 Å². The van der Waals surface area contributed by atoms with Gasteiger partial charge in [-0.05, 0) is 76.6 Å². The van der Waals surface area contributed by atoms with Crippen LogP contribution in [-0.2, 0) is 11.2 Å². The smallest absolute Gasteiger partial charge is 0.229 e. The van der Waals surface area contributed by atoms with Crippen LogP contribution >= 0.6 is 0 Å². The van der Waals surface area contributed by atoms with Gasteiger partial charge < -0.3 is 20.6 Å². The van der Waals surface area contributed by atoms with Crippen molar-refractivity contribution in [1.82, 2.24) is 5.32 Å². The molecule has 1 amide bonds. The summed E-state index contributed by atoms with van der Waals surface area (Å²) in [6.07, 6.45) is 0.0294. The highest BCUT2D eigenvalue weighted by Crippen LogP contribution is 2.42. The number of hydrogen-bond donors (Lipinski definition) is 4. The molecule has 0 aromatic heterocycles. The van der Waals surface area contributed by atoms with Crippen LogP contribution in [0.2, 0.25) is 0 Å². The largest absolute Gasteiger partial charge is 0.508 e. The highest BCUT2D eigenvalue weighted by atomic mass is 19.1. The first-order valence-corrected chi connectivity index (χ1v) is 11.9. The Bertz CT molecular complexity index is 1420. The standard InChI is InChI=1S/C30H26FNO4/c31-22-11-7-18(8-12-22)27(34)14-10-20-15-21(26-17-32-30(26)36)9-13-25(20)29-24(5-2-6-28(29)35)19-3-1-4-23(33)16-19/h1-9,11-13,15-16,26-27,33-35H,10,14,17H2,(H,32,36)/t26-,27-/m0/s1. The maximum Gasteiger partial charge on any atom is 0.229 e. The molecule has 0 saturated carbocycles. The van der Waals surface area contributed by atoms with E-state index in [1.807, 2.05) is 30.3 Å². The Kier molecular flexibility index (Phi) is 6.44. The van der Waals surface area contributed by atoms with Gasteiger partial charge >= 0.3 is 0 Å². The molecule has 4 aromatic carbocycles. The van der Waals surface area contributed by atoms with Crippen LogP contribution in [0, 0.1) is 5.82 Å². The molecule has 1 fully saturated rings. The fourth-order valence-corrected chi connectivity index (χ4v) is 4.72. The van der Waals surface area contributed by atoms with Crippen LogP contribution in [0.15, 0.2) is 84.9 Å². The lowest BCUT2D eigenvalue weighted by Crippen LogP contribution is -2.46. The molecular weight excluding hydrogens is 457 g/mol. The summed E-state index contributed by atoms with van der Waals surface area (Å²) >= 11 is 0. The summed E-state index contributed by atoms with van der Waals surface area (Å²) < 4.78 is 13.3. The van der Waals surface area contributed by atoms with E-state index in [0.717, 1.165) is 27.8 Å². The van der Waals surface area contributed by atoms with Gasteiger partial charge in [0.1, 0.15) is 17.3 Å². The Morgan fingerprint density at radius 2 is 1.69 bits per heavy atom. The first-order chi connectivity index (χ1) is 17.4. The number of amides is 1. The van der Waals surface area contributed by atoms with Crippen molar-refractivity contribution in [3.63, 3.8) is 0 Å². The first kappa shape index (κ1) is 23.6. The Labute approximate surface area is 208 Å². The van der Waals surface area contributed by atoms with Gasteiger partial charge in [-0.1, -0.05) is 54.6 Å². The van der Waals surface area contributed by atoms with E-state index in [1.54, 1.807) is 42.5 Å². The zero-order valence-corrected chi connectivity index (χ0v) is 19.5. The molecule has 5 nitrogen and oxygen atoms in total. The molecule has 0 unspecified atom stereocenters. The van der Waals surface area contributed by atoms with Crippen molar-refractivity contribution in [2.24, 2.45) is 0 Å². The van der Waals surface area contributed by atoms with Crippen LogP contribution in [0.1, 0.15) is 35.1 Å². The molecular formula is C30H26FNO4. The van der Waals surface area contributed by atoms with Gasteiger partial charge in [-0.15, -0.1) is 0 Å². The lowest BCUT2D eigenvalue weighted by Gasteiger charge is -2.27. The average Bonchev–Trinajstić information content (AvgIpc) is 2.87. The number of aromatic hydroxyl groups is 2. The number of hydrogen-bond acceptors (Lipinski definition) is 4. The van der Waals surface area contributed by atoms with Crippen molar-refractivity contribution < 1.29 is 24.5 Å². The molecule has 4 N–H and O–H groups in total. The predicted molar refractivity (Wildman–Crippen MR) is 136 cm³/mol. The number of carbonyl (C=O) groups excluding carboxylic acids is 1. The lowest BCUT2D eigenvalue weighted by molar-refractivity contribution is -0.127. The summed E-state index contributed by atoms with van der Waals surface area (Å²) in [5.74, 6) is -0.405. The van der Waals surface area contributed by atoms with Crippen molar-refractivity contribution in [2.75, 3.05) is 6.54 Å². The molecule has 2 atom stereocenters. The maximum absolute atomic E-state index is 13.3. The Morgan fingerprint density at radius 1 is 0.917 bits per heavy atom. The van der Waals surface area contributed by atoms with Gasteiger partial charge in [0.2, 0.25) is 5.91 Å². The topological polar surface area (TPSA) is 89.8 Å².